The van der Waals surface area contributed by atoms with Crippen LogP contribution in [0.25, 0.3) is 10.9 Å². The number of rotatable bonds is 5. The monoisotopic (exact) mass is 443 g/mol. The number of aryl methyl sites for hydroxylation is 3. The highest BCUT2D eigenvalue weighted by Gasteiger charge is 2.25. The van der Waals surface area contributed by atoms with Crippen molar-refractivity contribution in [3.05, 3.63) is 67.2 Å². The molecule has 0 unspecified atom stereocenters. The maximum absolute atomic E-state index is 13.6. The van der Waals surface area contributed by atoms with Crippen LogP contribution in [0.3, 0.4) is 0 Å². The van der Waals surface area contributed by atoms with Crippen LogP contribution in [-0.4, -0.2) is 26.8 Å². The summed E-state index contributed by atoms with van der Waals surface area (Å²) in [6.07, 6.45) is 2.72. The summed E-state index contributed by atoms with van der Waals surface area (Å²) in [7, 11) is 0. The molecule has 0 aliphatic heterocycles. The number of aromatic nitrogens is 2. The van der Waals surface area contributed by atoms with E-state index in [0.717, 1.165) is 38.6 Å². The number of aromatic amines is 2. The highest BCUT2D eigenvalue weighted by molar-refractivity contribution is 9.10. The van der Waals surface area contributed by atoms with Crippen molar-refractivity contribution in [1.82, 2.24) is 14.9 Å². The zero-order chi connectivity index (χ0) is 20.6. The highest BCUT2D eigenvalue weighted by Crippen LogP contribution is 2.29. The van der Waals surface area contributed by atoms with E-state index in [9.17, 15) is 9.59 Å². The number of amides is 1. The second-order valence-corrected chi connectivity index (χ2v) is 8.40. The Morgan fingerprint density at radius 1 is 1.18 bits per heavy atom. The predicted octanol–water partition coefficient (Wildman–Crippen LogP) is 4.98. The number of benzene rings is 1. The molecule has 2 heterocycles. The first kappa shape index (κ1) is 20.4. The van der Waals surface area contributed by atoms with E-state index in [1.807, 2.05) is 52.1 Å². The van der Waals surface area contributed by atoms with Crippen LogP contribution in [0, 0.1) is 20.8 Å². The number of fused-ring (bicyclic) bond motifs is 1. The van der Waals surface area contributed by atoms with Crippen LogP contribution in [0.1, 0.15) is 53.0 Å². The molecule has 0 aliphatic carbocycles. The van der Waals surface area contributed by atoms with Gasteiger partial charge in [0.15, 0.2) is 0 Å². The predicted molar refractivity (Wildman–Crippen MR) is 117 cm³/mol. The van der Waals surface area contributed by atoms with E-state index in [1.165, 1.54) is 0 Å². The number of nitrogens with one attached hydrogen (secondary N) is 2. The maximum Gasteiger partial charge on any atom is 0.255 e. The molecule has 6 heteroatoms. The van der Waals surface area contributed by atoms with Gasteiger partial charge in [-0.25, -0.2) is 0 Å². The Balaban J connectivity index is 2.10. The smallest absolute Gasteiger partial charge is 0.255 e. The summed E-state index contributed by atoms with van der Waals surface area (Å²) in [4.78, 5) is 34.1. The number of nitrogens with zero attached hydrogens (tertiary/aromatic N) is 1. The van der Waals surface area contributed by atoms with Crippen LogP contribution in [0.2, 0.25) is 0 Å². The van der Waals surface area contributed by atoms with Gasteiger partial charge in [0.05, 0.1) is 12.1 Å². The van der Waals surface area contributed by atoms with Crippen LogP contribution < -0.4 is 5.56 Å². The third-order valence-corrected chi connectivity index (χ3v) is 5.84. The van der Waals surface area contributed by atoms with Crippen LogP contribution in [0.5, 0.6) is 0 Å². The van der Waals surface area contributed by atoms with Crippen LogP contribution in [0.15, 0.2) is 33.7 Å². The second kappa shape index (κ2) is 7.95. The highest BCUT2D eigenvalue weighted by atomic mass is 79.9. The van der Waals surface area contributed by atoms with Crippen LogP contribution in [-0.2, 0) is 6.54 Å². The largest absolute Gasteiger partial charge is 0.361 e. The summed E-state index contributed by atoms with van der Waals surface area (Å²) < 4.78 is 0.846. The third kappa shape index (κ3) is 3.78. The van der Waals surface area contributed by atoms with E-state index in [0.29, 0.717) is 11.1 Å². The summed E-state index contributed by atoms with van der Waals surface area (Å²) in [5.74, 6) is -0.0669. The van der Waals surface area contributed by atoms with Crippen molar-refractivity contribution in [1.29, 1.82) is 0 Å². The molecule has 148 valence electrons. The van der Waals surface area contributed by atoms with Crippen molar-refractivity contribution in [2.75, 3.05) is 0 Å². The number of H-pyrrole nitrogens is 2. The molecular weight excluding hydrogens is 418 g/mol. The Morgan fingerprint density at radius 3 is 2.54 bits per heavy atom. The molecule has 0 spiro atoms. The summed E-state index contributed by atoms with van der Waals surface area (Å²) in [5, 5.41) is 0.927. The molecule has 1 amide bonds. The summed E-state index contributed by atoms with van der Waals surface area (Å²) in [6, 6.07) is 5.79. The number of halogens is 1. The van der Waals surface area contributed by atoms with E-state index in [1.54, 1.807) is 4.90 Å². The Kier molecular flexibility index (Phi) is 5.79. The van der Waals surface area contributed by atoms with Gasteiger partial charge < -0.3 is 14.9 Å². The third-order valence-electron chi connectivity index (χ3n) is 5.38. The number of hydrogen-bond acceptors (Lipinski definition) is 2. The Bertz CT molecular complexity index is 1100. The summed E-state index contributed by atoms with van der Waals surface area (Å²) >= 11 is 3.52. The molecule has 3 rings (SSSR count). The molecule has 1 aromatic carbocycles. The lowest BCUT2D eigenvalue weighted by molar-refractivity contribution is 0.0672. The molecule has 2 N–H and O–H groups in total. The average molecular weight is 444 g/mol. The van der Waals surface area contributed by atoms with Crippen molar-refractivity contribution in [3.63, 3.8) is 0 Å². The fourth-order valence-corrected chi connectivity index (χ4v) is 4.08. The van der Waals surface area contributed by atoms with Gasteiger partial charge in [-0.1, -0.05) is 22.9 Å². The Hall–Kier alpha value is -2.34. The lowest BCUT2D eigenvalue weighted by atomic mass is 10.0. The second-order valence-electron chi connectivity index (χ2n) is 7.48. The Morgan fingerprint density at radius 2 is 1.89 bits per heavy atom. The molecule has 0 radical (unpaired) electrons. The number of carbonyl (C=O) groups is 1. The van der Waals surface area contributed by atoms with Gasteiger partial charge in [0, 0.05) is 38.9 Å². The molecule has 2 aromatic heterocycles. The van der Waals surface area contributed by atoms with Gasteiger partial charge in [0.25, 0.3) is 11.5 Å². The number of hydrogen-bond donors (Lipinski definition) is 2. The standard InChI is InChI=1S/C22H26BrN3O2/c1-6-15(5)26(11-18-12(2)7-14(4)25-21(18)27)22(28)17-8-16(23)9-19-20(17)13(3)10-24-19/h7-10,15,24H,6,11H2,1-5H3,(H,25,27)/t15-/m1/s1. The van der Waals surface area contributed by atoms with Crippen molar-refractivity contribution < 1.29 is 4.79 Å². The topological polar surface area (TPSA) is 69.0 Å². The zero-order valence-electron chi connectivity index (χ0n) is 16.9. The van der Waals surface area contributed by atoms with Gasteiger partial charge in [-0.2, -0.15) is 0 Å². The molecule has 0 bridgehead atoms. The summed E-state index contributed by atoms with van der Waals surface area (Å²) in [6.45, 7) is 10.1. The number of carbonyl (C=O) groups excluding carboxylic acids is 1. The van der Waals surface area contributed by atoms with Gasteiger partial charge in [-0.3, -0.25) is 9.59 Å². The molecule has 0 aliphatic rings. The van der Waals surface area contributed by atoms with Gasteiger partial charge in [0.2, 0.25) is 0 Å². The fourth-order valence-electron chi connectivity index (χ4n) is 3.62. The fraction of sp³-hybridized carbons (Fsp3) is 0.364. The van der Waals surface area contributed by atoms with Crippen molar-refractivity contribution >= 4 is 32.7 Å². The zero-order valence-corrected chi connectivity index (χ0v) is 18.5. The minimum Gasteiger partial charge on any atom is -0.361 e. The maximum atomic E-state index is 13.6. The van der Waals surface area contributed by atoms with Crippen LogP contribution in [0.4, 0.5) is 0 Å². The first-order valence-electron chi connectivity index (χ1n) is 9.50. The lowest BCUT2D eigenvalue weighted by Crippen LogP contribution is -2.39. The van der Waals surface area contributed by atoms with Crippen molar-refractivity contribution in [3.8, 4) is 0 Å². The van der Waals surface area contributed by atoms with Gasteiger partial charge in [-0.15, -0.1) is 0 Å². The Labute approximate surface area is 173 Å². The molecule has 0 saturated heterocycles. The SMILES string of the molecule is CC[C@@H](C)N(Cc1c(C)cc(C)[nH]c1=O)C(=O)c1cc(Br)cc2[nH]cc(C)c12. The normalized spacial score (nSPS) is 12.4. The van der Waals surface area contributed by atoms with Crippen molar-refractivity contribution in [2.24, 2.45) is 0 Å². The van der Waals surface area contributed by atoms with Crippen molar-refractivity contribution in [2.45, 2.75) is 53.6 Å². The molecule has 0 saturated carbocycles. The quantitative estimate of drug-likeness (QED) is 0.583. The van der Waals surface area contributed by atoms with E-state index in [-0.39, 0.29) is 24.1 Å². The summed E-state index contributed by atoms with van der Waals surface area (Å²) in [5.41, 5.74) is 4.82. The average Bonchev–Trinajstić information content (AvgIpc) is 3.00. The van der Waals surface area contributed by atoms with Gasteiger partial charge >= 0.3 is 0 Å². The first-order valence-corrected chi connectivity index (χ1v) is 10.3. The van der Waals surface area contributed by atoms with E-state index in [2.05, 4.69) is 32.8 Å². The van der Waals surface area contributed by atoms with E-state index in [4.69, 9.17) is 0 Å². The van der Waals surface area contributed by atoms with Gasteiger partial charge in [0.1, 0.15) is 0 Å². The lowest BCUT2D eigenvalue weighted by Gasteiger charge is -2.29. The molecular formula is C22H26BrN3O2. The molecule has 5 nitrogen and oxygen atoms in total. The van der Waals surface area contributed by atoms with E-state index < -0.39 is 0 Å². The molecule has 1 atom stereocenters. The van der Waals surface area contributed by atoms with E-state index >= 15 is 0 Å². The molecule has 0 fully saturated rings. The molecule has 28 heavy (non-hydrogen) atoms. The van der Waals surface area contributed by atoms with Crippen LogP contribution >= 0.6 is 15.9 Å². The first-order chi connectivity index (χ1) is 13.2. The minimum atomic E-state index is -0.129. The van der Waals surface area contributed by atoms with Gasteiger partial charge in [-0.05, 0) is 63.4 Å². The molecule has 3 aromatic rings. The minimum absolute atomic E-state index is 0.000817. The number of pyridine rings is 1.